The lowest BCUT2D eigenvalue weighted by Crippen LogP contribution is -2.09. The first kappa shape index (κ1) is 14.0. The summed E-state index contributed by atoms with van der Waals surface area (Å²) in [6, 6.07) is 0. The Morgan fingerprint density at radius 1 is 1.47 bits per heavy atom. The molecule has 1 aromatic rings. The minimum atomic E-state index is -4.20. The number of esters is 1. The van der Waals surface area contributed by atoms with Gasteiger partial charge < -0.3 is 4.74 Å². The van der Waals surface area contributed by atoms with E-state index in [1.54, 1.807) is 13.8 Å². The van der Waals surface area contributed by atoms with E-state index in [9.17, 15) is 18.0 Å². The number of thiazole rings is 1. The molecule has 0 spiro atoms. The highest BCUT2D eigenvalue weighted by Crippen LogP contribution is 2.25. The maximum atomic E-state index is 12.0. The van der Waals surface area contributed by atoms with Gasteiger partial charge in [-0.3, -0.25) is 0 Å². The molecule has 1 rings (SSSR count). The SMILES string of the molecule is CCOC(=O)c1nc(CCC(F)(F)F)sc1C. The molecule has 0 unspecified atom stereocenters. The third-order valence-corrected chi connectivity index (χ3v) is 2.96. The second-order valence-corrected chi connectivity index (χ2v) is 4.64. The Kier molecular flexibility index (Phi) is 4.50. The number of aromatic nitrogens is 1. The molecule has 0 aliphatic rings. The maximum absolute atomic E-state index is 12.0. The van der Waals surface area contributed by atoms with Gasteiger partial charge in [0.15, 0.2) is 5.69 Å². The minimum Gasteiger partial charge on any atom is -0.461 e. The van der Waals surface area contributed by atoms with Crippen LogP contribution in [-0.2, 0) is 11.2 Å². The number of ether oxygens (including phenoxy) is 1. The van der Waals surface area contributed by atoms with Gasteiger partial charge in [0.25, 0.3) is 0 Å². The van der Waals surface area contributed by atoms with Gasteiger partial charge in [-0.05, 0) is 13.8 Å². The molecule has 3 nitrogen and oxygen atoms in total. The lowest BCUT2D eigenvalue weighted by molar-refractivity contribution is -0.133. The van der Waals surface area contributed by atoms with Crippen LogP contribution in [0.3, 0.4) is 0 Å². The van der Waals surface area contributed by atoms with Crippen molar-refractivity contribution in [3.63, 3.8) is 0 Å². The first-order chi connectivity index (χ1) is 7.83. The topological polar surface area (TPSA) is 39.2 Å². The summed E-state index contributed by atoms with van der Waals surface area (Å²) in [5, 5.41) is 0.308. The largest absolute Gasteiger partial charge is 0.461 e. The van der Waals surface area contributed by atoms with Gasteiger partial charge in [-0.25, -0.2) is 9.78 Å². The number of hydrogen-bond donors (Lipinski definition) is 0. The van der Waals surface area contributed by atoms with Crippen LogP contribution in [0.15, 0.2) is 0 Å². The molecule has 0 fully saturated rings. The summed E-state index contributed by atoms with van der Waals surface area (Å²) in [6.07, 6.45) is -5.33. The Bertz CT molecular complexity index is 401. The molecule has 0 saturated heterocycles. The molecule has 0 aliphatic carbocycles. The van der Waals surface area contributed by atoms with E-state index in [0.29, 0.717) is 9.88 Å². The Morgan fingerprint density at radius 2 is 2.12 bits per heavy atom. The van der Waals surface area contributed by atoms with Crippen LogP contribution in [0.2, 0.25) is 0 Å². The number of rotatable bonds is 4. The Labute approximate surface area is 101 Å². The van der Waals surface area contributed by atoms with Crippen LogP contribution in [0.5, 0.6) is 0 Å². The van der Waals surface area contributed by atoms with Crippen LogP contribution >= 0.6 is 11.3 Å². The molecule has 0 atom stereocenters. The van der Waals surface area contributed by atoms with Gasteiger partial charge in [-0.15, -0.1) is 11.3 Å². The molecule has 0 N–H and O–H groups in total. The Morgan fingerprint density at radius 3 is 2.65 bits per heavy atom. The summed E-state index contributed by atoms with van der Waals surface area (Å²) in [7, 11) is 0. The Balaban J connectivity index is 2.71. The molecule has 0 bridgehead atoms. The van der Waals surface area contributed by atoms with Crippen LogP contribution in [0.25, 0.3) is 0 Å². The molecule has 0 aromatic carbocycles. The smallest absolute Gasteiger partial charge is 0.389 e. The highest BCUT2D eigenvalue weighted by molar-refractivity contribution is 7.11. The van der Waals surface area contributed by atoms with Crippen molar-refractivity contribution in [3.05, 3.63) is 15.6 Å². The predicted molar refractivity (Wildman–Crippen MR) is 57.2 cm³/mol. The van der Waals surface area contributed by atoms with E-state index < -0.39 is 18.6 Å². The van der Waals surface area contributed by atoms with Crippen molar-refractivity contribution in [3.8, 4) is 0 Å². The van der Waals surface area contributed by atoms with Crippen molar-refractivity contribution in [2.75, 3.05) is 6.61 Å². The number of carbonyl (C=O) groups excluding carboxylic acids is 1. The van der Waals surface area contributed by atoms with E-state index in [2.05, 4.69) is 4.98 Å². The van der Waals surface area contributed by atoms with E-state index in [1.807, 2.05) is 0 Å². The normalized spacial score (nSPS) is 11.6. The van der Waals surface area contributed by atoms with Crippen molar-refractivity contribution < 1.29 is 22.7 Å². The molecule has 0 aliphatic heterocycles. The number of alkyl halides is 3. The third kappa shape index (κ3) is 4.33. The first-order valence-electron chi connectivity index (χ1n) is 5.03. The average Bonchev–Trinajstić information content (AvgIpc) is 2.56. The van der Waals surface area contributed by atoms with E-state index >= 15 is 0 Å². The second kappa shape index (κ2) is 5.48. The number of hydrogen-bond acceptors (Lipinski definition) is 4. The van der Waals surface area contributed by atoms with Crippen molar-refractivity contribution in [2.24, 2.45) is 0 Å². The number of halogens is 3. The fourth-order valence-electron chi connectivity index (χ4n) is 1.20. The van der Waals surface area contributed by atoms with Gasteiger partial charge in [0, 0.05) is 17.7 Å². The molecule has 0 radical (unpaired) electrons. The van der Waals surface area contributed by atoms with Crippen LogP contribution in [0, 0.1) is 6.92 Å². The van der Waals surface area contributed by atoms with Gasteiger partial charge in [-0.1, -0.05) is 0 Å². The molecular weight excluding hydrogens is 255 g/mol. The molecule has 1 heterocycles. The standard InChI is InChI=1S/C10H12F3NO2S/c1-3-16-9(15)8-6(2)17-7(14-8)4-5-10(11,12)13/h3-5H2,1-2H3. The number of carbonyl (C=O) groups is 1. The molecular formula is C10H12F3NO2S. The van der Waals surface area contributed by atoms with Gasteiger partial charge in [0.2, 0.25) is 0 Å². The fraction of sp³-hybridized carbons (Fsp3) is 0.600. The summed E-state index contributed by atoms with van der Waals surface area (Å²) in [6.45, 7) is 3.51. The summed E-state index contributed by atoms with van der Waals surface area (Å²) < 4.78 is 40.8. The second-order valence-electron chi connectivity index (χ2n) is 3.35. The van der Waals surface area contributed by atoms with Gasteiger partial charge in [0.05, 0.1) is 11.6 Å². The number of aryl methyl sites for hydroxylation is 2. The molecule has 7 heteroatoms. The minimum absolute atomic E-state index is 0.119. The monoisotopic (exact) mass is 267 g/mol. The lowest BCUT2D eigenvalue weighted by Gasteiger charge is -2.02. The van der Waals surface area contributed by atoms with Crippen molar-refractivity contribution in [1.29, 1.82) is 0 Å². The first-order valence-corrected chi connectivity index (χ1v) is 5.85. The predicted octanol–water partition coefficient (Wildman–Crippen LogP) is 3.12. The molecule has 0 amide bonds. The van der Waals surface area contributed by atoms with Crippen LogP contribution < -0.4 is 0 Å². The van der Waals surface area contributed by atoms with E-state index in [-0.39, 0.29) is 18.7 Å². The molecule has 0 saturated carbocycles. The fourth-order valence-corrected chi connectivity index (χ4v) is 2.12. The van der Waals surface area contributed by atoms with Crippen LogP contribution in [0.1, 0.15) is 33.7 Å². The maximum Gasteiger partial charge on any atom is 0.389 e. The summed E-state index contributed by atoms with van der Waals surface area (Å²) in [4.78, 5) is 15.8. The van der Waals surface area contributed by atoms with Crippen molar-refractivity contribution in [2.45, 2.75) is 32.9 Å². The number of nitrogens with zero attached hydrogens (tertiary/aromatic N) is 1. The summed E-state index contributed by atoms with van der Waals surface area (Å²) in [5.41, 5.74) is 0.119. The summed E-state index contributed by atoms with van der Waals surface area (Å²) >= 11 is 1.10. The van der Waals surface area contributed by atoms with Gasteiger partial charge >= 0.3 is 12.1 Å². The molecule has 17 heavy (non-hydrogen) atoms. The Hall–Kier alpha value is -1.11. The quantitative estimate of drug-likeness (QED) is 0.787. The van der Waals surface area contributed by atoms with Gasteiger partial charge in [-0.2, -0.15) is 13.2 Å². The highest BCUT2D eigenvalue weighted by atomic mass is 32.1. The highest BCUT2D eigenvalue weighted by Gasteiger charge is 2.27. The average molecular weight is 267 g/mol. The zero-order chi connectivity index (χ0) is 13.1. The van der Waals surface area contributed by atoms with Crippen molar-refractivity contribution >= 4 is 17.3 Å². The zero-order valence-corrected chi connectivity index (χ0v) is 10.2. The third-order valence-electron chi connectivity index (χ3n) is 1.93. The lowest BCUT2D eigenvalue weighted by atomic mass is 10.3. The summed E-state index contributed by atoms with van der Waals surface area (Å²) in [5.74, 6) is -0.584. The van der Waals surface area contributed by atoms with E-state index in [4.69, 9.17) is 4.74 Å². The zero-order valence-electron chi connectivity index (χ0n) is 9.43. The van der Waals surface area contributed by atoms with E-state index in [1.165, 1.54) is 0 Å². The molecule has 1 aromatic heterocycles. The van der Waals surface area contributed by atoms with Crippen molar-refractivity contribution in [1.82, 2.24) is 4.98 Å². The van der Waals surface area contributed by atoms with Crippen LogP contribution in [-0.4, -0.2) is 23.7 Å². The van der Waals surface area contributed by atoms with Crippen LogP contribution in [0.4, 0.5) is 13.2 Å². The van der Waals surface area contributed by atoms with E-state index in [0.717, 1.165) is 11.3 Å². The molecule has 96 valence electrons. The van der Waals surface area contributed by atoms with Gasteiger partial charge in [0.1, 0.15) is 0 Å².